The molecule has 0 atom stereocenters. The van der Waals surface area contributed by atoms with Crippen molar-refractivity contribution in [2.24, 2.45) is 0 Å². The van der Waals surface area contributed by atoms with E-state index < -0.39 is 9.84 Å². The first-order valence-electron chi connectivity index (χ1n) is 4.85. The van der Waals surface area contributed by atoms with Crippen LogP contribution in [-0.2, 0) is 9.84 Å². The highest BCUT2D eigenvalue weighted by Crippen LogP contribution is 2.15. The molecule has 0 amide bonds. The van der Waals surface area contributed by atoms with E-state index in [1.54, 1.807) is 18.2 Å². The molecule has 0 aromatic heterocycles. The number of hydrogen-bond donors (Lipinski definition) is 1. The molecule has 0 fully saturated rings. The summed E-state index contributed by atoms with van der Waals surface area (Å²) in [6.07, 6.45) is 1.21. The topological polar surface area (TPSA) is 70.0 Å². The van der Waals surface area contributed by atoms with Crippen molar-refractivity contribution in [3.63, 3.8) is 0 Å². The molecule has 0 saturated carbocycles. The van der Waals surface area contributed by atoms with Gasteiger partial charge in [0.1, 0.15) is 9.84 Å². The smallest absolute Gasteiger partial charge is 0.149 e. The SMILES string of the molecule is Cc1cc(C#N)ccc1NCCS(C)(=O)=O. The van der Waals surface area contributed by atoms with Crippen molar-refractivity contribution in [2.45, 2.75) is 6.92 Å². The predicted octanol–water partition coefficient (Wildman–Crippen LogP) is 1.32. The second-order valence-electron chi connectivity index (χ2n) is 3.70. The number of benzene rings is 1. The molecule has 1 N–H and O–H groups in total. The van der Waals surface area contributed by atoms with E-state index in [0.717, 1.165) is 11.3 Å². The normalized spacial score (nSPS) is 10.8. The van der Waals surface area contributed by atoms with Crippen molar-refractivity contribution in [1.29, 1.82) is 5.26 Å². The van der Waals surface area contributed by atoms with E-state index in [9.17, 15) is 8.42 Å². The highest BCUT2D eigenvalue weighted by Gasteiger charge is 2.03. The summed E-state index contributed by atoms with van der Waals surface area (Å²) in [4.78, 5) is 0. The summed E-state index contributed by atoms with van der Waals surface area (Å²) in [5, 5.41) is 11.7. The Bertz CT molecular complexity index is 515. The molecule has 4 nitrogen and oxygen atoms in total. The van der Waals surface area contributed by atoms with Gasteiger partial charge in [0.15, 0.2) is 0 Å². The zero-order valence-corrected chi connectivity index (χ0v) is 10.1. The van der Waals surface area contributed by atoms with Crippen molar-refractivity contribution in [3.8, 4) is 6.07 Å². The first-order chi connectivity index (χ1) is 7.42. The molecule has 0 aliphatic heterocycles. The molecule has 0 unspecified atom stereocenters. The zero-order chi connectivity index (χ0) is 12.2. The fourth-order valence-corrected chi connectivity index (χ4v) is 1.78. The fraction of sp³-hybridized carbons (Fsp3) is 0.364. The van der Waals surface area contributed by atoms with E-state index in [-0.39, 0.29) is 5.75 Å². The predicted molar refractivity (Wildman–Crippen MR) is 64.1 cm³/mol. The maximum atomic E-state index is 10.9. The minimum atomic E-state index is -2.93. The molecule has 0 heterocycles. The highest BCUT2D eigenvalue weighted by atomic mass is 32.2. The third-order valence-electron chi connectivity index (χ3n) is 2.14. The maximum absolute atomic E-state index is 10.9. The molecule has 0 spiro atoms. The van der Waals surface area contributed by atoms with Gasteiger partial charge in [0, 0.05) is 18.5 Å². The molecule has 0 radical (unpaired) electrons. The van der Waals surface area contributed by atoms with Gasteiger partial charge in [-0.15, -0.1) is 0 Å². The monoisotopic (exact) mass is 238 g/mol. The minimum Gasteiger partial charge on any atom is -0.384 e. The summed E-state index contributed by atoms with van der Waals surface area (Å²) in [7, 11) is -2.93. The number of sulfone groups is 1. The minimum absolute atomic E-state index is 0.104. The number of nitriles is 1. The van der Waals surface area contributed by atoms with E-state index in [1.165, 1.54) is 6.26 Å². The van der Waals surface area contributed by atoms with E-state index in [1.807, 2.05) is 6.92 Å². The molecule has 0 bridgehead atoms. The number of nitrogens with one attached hydrogen (secondary N) is 1. The average Bonchev–Trinajstić information content (AvgIpc) is 2.18. The summed E-state index contributed by atoms with van der Waals surface area (Å²) < 4.78 is 21.8. The van der Waals surface area contributed by atoms with Gasteiger partial charge in [0.25, 0.3) is 0 Å². The molecule has 16 heavy (non-hydrogen) atoms. The Morgan fingerprint density at radius 2 is 2.12 bits per heavy atom. The van der Waals surface area contributed by atoms with Crippen LogP contribution in [0, 0.1) is 18.3 Å². The van der Waals surface area contributed by atoms with E-state index in [4.69, 9.17) is 5.26 Å². The van der Waals surface area contributed by atoms with Crippen molar-refractivity contribution in [2.75, 3.05) is 23.9 Å². The molecule has 0 aliphatic rings. The van der Waals surface area contributed by atoms with Gasteiger partial charge >= 0.3 is 0 Å². The lowest BCUT2D eigenvalue weighted by molar-refractivity contribution is 0.602. The summed E-state index contributed by atoms with van der Waals surface area (Å²) >= 11 is 0. The third kappa shape index (κ3) is 3.91. The molecule has 1 rings (SSSR count). The van der Waals surface area contributed by atoms with Crippen LogP contribution in [0.3, 0.4) is 0 Å². The number of anilines is 1. The number of nitrogens with zero attached hydrogens (tertiary/aromatic N) is 1. The molecule has 0 saturated heterocycles. The Balaban J connectivity index is 2.66. The molecule has 0 aliphatic carbocycles. The maximum Gasteiger partial charge on any atom is 0.149 e. The van der Waals surface area contributed by atoms with Gasteiger partial charge in [-0.3, -0.25) is 0 Å². The van der Waals surface area contributed by atoms with Crippen molar-refractivity contribution >= 4 is 15.5 Å². The van der Waals surface area contributed by atoms with Crippen LogP contribution in [0.5, 0.6) is 0 Å². The quantitative estimate of drug-likeness (QED) is 0.859. The summed E-state index contributed by atoms with van der Waals surface area (Å²) in [6.45, 7) is 2.26. The van der Waals surface area contributed by atoms with Crippen molar-refractivity contribution in [3.05, 3.63) is 29.3 Å². The lowest BCUT2D eigenvalue weighted by Gasteiger charge is -2.08. The molecule has 1 aromatic carbocycles. The molecule has 1 aromatic rings. The van der Waals surface area contributed by atoms with Crippen LogP contribution in [0.25, 0.3) is 0 Å². The lowest BCUT2D eigenvalue weighted by atomic mass is 10.1. The van der Waals surface area contributed by atoms with Gasteiger partial charge in [-0.05, 0) is 30.7 Å². The first-order valence-corrected chi connectivity index (χ1v) is 6.91. The summed E-state index contributed by atoms with van der Waals surface area (Å²) in [6, 6.07) is 7.31. The van der Waals surface area contributed by atoms with Crippen LogP contribution in [-0.4, -0.2) is 27.0 Å². The Labute approximate surface area is 95.8 Å². The number of hydrogen-bond acceptors (Lipinski definition) is 4. The first kappa shape index (κ1) is 12.5. The van der Waals surface area contributed by atoms with Gasteiger partial charge in [-0.1, -0.05) is 0 Å². The summed E-state index contributed by atoms with van der Waals surface area (Å²) in [5.41, 5.74) is 2.40. The molecule has 5 heteroatoms. The van der Waals surface area contributed by atoms with Gasteiger partial charge in [0.05, 0.1) is 17.4 Å². The molecular formula is C11H14N2O2S. The largest absolute Gasteiger partial charge is 0.384 e. The van der Waals surface area contributed by atoms with Crippen molar-refractivity contribution < 1.29 is 8.42 Å². The zero-order valence-electron chi connectivity index (χ0n) is 9.32. The number of aryl methyl sites for hydroxylation is 1. The van der Waals surface area contributed by atoms with E-state index in [2.05, 4.69) is 11.4 Å². The van der Waals surface area contributed by atoms with Crippen molar-refractivity contribution in [1.82, 2.24) is 0 Å². The van der Waals surface area contributed by atoms with Crippen LogP contribution in [0.2, 0.25) is 0 Å². The van der Waals surface area contributed by atoms with Crippen LogP contribution < -0.4 is 5.32 Å². The van der Waals surface area contributed by atoms with Crippen LogP contribution in [0.15, 0.2) is 18.2 Å². The highest BCUT2D eigenvalue weighted by molar-refractivity contribution is 7.90. The molecular weight excluding hydrogens is 224 g/mol. The Hall–Kier alpha value is -1.54. The van der Waals surface area contributed by atoms with Gasteiger partial charge in [-0.2, -0.15) is 5.26 Å². The summed E-state index contributed by atoms with van der Waals surface area (Å²) in [5.74, 6) is 0.104. The standard InChI is InChI=1S/C11H14N2O2S/c1-9-7-10(8-12)3-4-11(9)13-5-6-16(2,14)15/h3-4,7,13H,5-6H2,1-2H3. The second-order valence-corrected chi connectivity index (χ2v) is 5.96. The van der Waals surface area contributed by atoms with Crippen LogP contribution in [0.1, 0.15) is 11.1 Å². The average molecular weight is 238 g/mol. The Morgan fingerprint density at radius 1 is 1.44 bits per heavy atom. The number of rotatable bonds is 4. The second kappa shape index (κ2) is 4.99. The Kier molecular flexibility index (Phi) is 3.91. The van der Waals surface area contributed by atoms with E-state index in [0.29, 0.717) is 12.1 Å². The molecule has 86 valence electrons. The third-order valence-corrected chi connectivity index (χ3v) is 3.09. The van der Waals surface area contributed by atoms with Crippen LogP contribution in [0.4, 0.5) is 5.69 Å². The van der Waals surface area contributed by atoms with Gasteiger partial charge in [-0.25, -0.2) is 8.42 Å². The van der Waals surface area contributed by atoms with E-state index >= 15 is 0 Å². The fourth-order valence-electron chi connectivity index (χ4n) is 1.30. The lowest BCUT2D eigenvalue weighted by Crippen LogP contribution is -2.14. The Morgan fingerprint density at radius 3 is 2.62 bits per heavy atom. The van der Waals surface area contributed by atoms with Crippen LogP contribution >= 0.6 is 0 Å². The van der Waals surface area contributed by atoms with Gasteiger partial charge in [0.2, 0.25) is 0 Å². The van der Waals surface area contributed by atoms with Gasteiger partial charge < -0.3 is 5.32 Å².